The highest BCUT2D eigenvalue weighted by atomic mass is 127. The van der Waals surface area contributed by atoms with E-state index in [-0.39, 0.29) is 24.7 Å². The van der Waals surface area contributed by atoms with Gasteiger partial charge in [0.2, 0.25) is 5.88 Å². The number of methoxy groups -OCH3 is 2. The number of nitrogens with zero attached hydrogens (tertiary/aromatic N) is 3. The summed E-state index contributed by atoms with van der Waals surface area (Å²) in [5, 5.41) is 13.4. The zero-order chi connectivity index (χ0) is 23.5. The van der Waals surface area contributed by atoms with Crippen LogP contribution >= 0.6 is 22.6 Å². The number of nitrogens with one attached hydrogen (secondary N) is 1. The van der Waals surface area contributed by atoms with Crippen molar-refractivity contribution in [1.82, 2.24) is 10.4 Å². The Morgan fingerprint density at radius 1 is 1.34 bits per heavy atom. The highest BCUT2D eigenvalue weighted by Crippen LogP contribution is 2.33. The van der Waals surface area contributed by atoms with Gasteiger partial charge in [-0.15, -0.1) is 0 Å². The van der Waals surface area contributed by atoms with Gasteiger partial charge in [0.1, 0.15) is 18.2 Å². The van der Waals surface area contributed by atoms with Gasteiger partial charge in [0.05, 0.1) is 23.5 Å². The largest absolute Gasteiger partial charge is 0.493 e. The molecule has 0 unspecified atom stereocenters. The number of nitriles is 1. The van der Waals surface area contributed by atoms with Gasteiger partial charge in [-0.3, -0.25) is 4.79 Å². The predicted molar refractivity (Wildman–Crippen MR) is 127 cm³/mol. The van der Waals surface area contributed by atoms with Crippen molar-refractivity contribution < 1.29 is 23.7 Å². The van der Waals surface area contributed by atoms with E-state index in [0.717, 1.165) is 3.57 Å². The Morgan fingerprint density at radius 3 is 2.78 bits per heavy atom. The number of aromatic nitrogens is 1. The number of benzene rings is 1. The lowest BCUT2D eigenvalue weighted by Crippen LogP contribution is -2.25. The summed E-state index contributed by atoms with van der Waals surface area (Å²) in [4.78, 5) is 16.3. The molecule has 32 heavy (non-hydrogen) atoms. The van der Waals surface area contributed by atoms with Gasteiger partial charge in [0.15, 0.2) is 18.1 Å². The Kier molecular flexibility index (Phi) is 9.90. The molecule has 0 radical (unpaired) electrons. The van der Waals surface area contributed by atoms with Crippen molar-refractivity contribution in [2.24, 2.45) is 5.10 Å². The highest BCUT2D eigenvalue weighted by molar-refractivity contribution is 14.1. The lowest BCUT2D eigenvalue weighted by Gasteiger charge is -2.12. The highest BCUT2D eigenvalue weighted by Gasteiger charge is 2.14. The Balaban J connectivity index is 2.03. The number of aryl methyl sites for hydroxylation is 1. The quantitative estimate of drug-likeness (QED) is 0.198. The first-order valence-corrected chi connectivity index (χ1v) is 10.5. The van der Waals surface area contributed by atoms with E-state index >= 15 is 0 Å². The average Bonchev–Trinajstić information content (AvgIpc) is 2.76. The monoisotopic (exact) mass is 550 g/mol. The predicted octanol–water partition coefficient (Wildman–Crippen LogP) is 3.12. The Hall–Kier alpha value is -3.17. The maximum absolute atomic E-state index is 12.1. The summed E-state index contributed by atoms with van der Waals surface area (Å²) in [7, 11) is 3.07. The fourth-order valence-electron chi connectivity index (χ4n) is 2.65. The molecule has 0 aliphatic carbocycles. The number of hydrogen-bond donors (Lipinski definition) is 1. The van der Waals surface area contributed by atoms with Gasteiger partial charge in [-0.1, -0.05) is 12.7 Å². The van der Waals surface area contributed by atoms with Crippen LogP contribution in [-0.2, 0) is 16.1 Å². The van der Waals surface area contributed by atoms with Gasteiger partial charge in [-0.25, -0.2) is 10.4 Å². The number of carbonyl (C=O) groups excluding carboxylic acids is 1. The molecule has 10 heteroatoms. The Labute approximate surface area is 200 Å². The van der Waals surface area contributed by atoms with Crippen LogP contribution in [0.4, 0.5) is 0 Å². The molecule has 2 aromatic rings. The van der Waals surface area contributed by atoms with E-state index in [0.29, 0.717) is 34.9 Å². The second-order valence-corrected chi connectivity index (χ2v) is 7.53. The minimum atomic E-state index is -0.505. The van der Waals surface area contributed by atoms with Crippen molar-refractivity contribution >= 4 is 34.7 Å². The molecule has 0 aliphatic rings. The number of hydrazone groups is 1. The van der Waals surface area contributed by atoms with Crippen LogP contribution in [0.2, 0.25) is 0 Å². The van der Waals surface area contributed by atoms with Crippen molar-refractivity contribution in [3.63, 3.8) is 0 Å². The fourth-order valence-corrected chi connectivity index (χ4v) is 3.43. The summed E-state index contributed by atoms with van der Waals surface area (Å²) in [5.41, 5.74) is 4.60. The lowest BCUT2D eigenvalue weighted by molar-refractivity contribution is -0.123. The summed E-state index contributed by atoms with van der Waals surface area (Å²) in [6.45, 7) is 5.63. The molecule has 0 spiro atoms. The third kappa shape index (κ3) is 6.93. The van der Waals surface area contributed by atoms with Crippen LogP contribution in [0.1, 0.15) is 22.4 Å². The Morgan fingerprint density at radius 2 is 2.12 bits per heavy atom. The molecular formula is C22H23IN4O5. The van der Waals surface area contributed by atoms with E-state index in [1.165, 1.54) is 13.3 Å². The van der Waals surface area contributed by atoms with Crippen LogP contribution in [0.15, 0.2) is 36.0 Å². The molecule has 1 amide bonds. The molecule has 0 fully saturated rings. The van der Waals surface area contributed by atoms with Crippen molar-refractivity contribution in [1.29, 1.82) is 5.26 Å². The number of halogens is 1. The first-order chi connectivity index (χ1) is 15.4. The molecule has 0 atom stereocenters. The van der Waals surface area contributed by atoms with E-state index in [4.69, 9.17) is 18.9 Å². The van der Waals surface area contributed by atoms with Crippen molar-refractivity contribution in [3.8, 4) is 23.4 Å². The van der Waals surface area contributed by atoms with Gasteiger partial charge in [-0.2, -0.15) is 10.4 Å². The van der Waals surface area contributed by atoms with Crippen LogP contribution < -0.4 is 19.6 Å². The Bertz CT molecular complexity index is 1050. The van der Waals surface area contributed by atoms with E-state index < -0.39 is 5.91 Å². The smallest absolute Gasteiger partial charge is 0.278 e. The summed E-state index contributed by atoms with van der Waals surface area (Å²) in [5.74, 6) is 0.716. The fraction of sp³-hybridized carbons (Fsp3) is 0.273. The SMILES string of the molecule is C=CCOc1c(I)cc(/C=N\NC(=O)COc2nc(C)cc(COC)c2C#N)cc1OC. The molecule has 168 valence electrons. The van der Waals surface area contributed by atoms with E-state index in [1.54, 1.807) is 32.2 Å². The van der Waals surface area contributed by atoms with E-state index in [2.05, 4.69) is 44.7 Å². The molecule has 0 saturated heterocycles. The standard InChI is InChI=1S/C22H23IN4O5/c1-5-6-31-21-18(23)8-15(9-19(21)30-4)11-25-27-20(28)13-32-22-17(10-24)16(12-29-3)7-14(2)26-22/h5,7-9,11H,1,6,12-13H2,2-4H3,(H,27,28)/b25-11-. The van der Waals surface area contributed by atoms with Gasteiger partial charge >= 0.3 is 0 Å². The molecule has 0 aliphatic heterocycles. The zero-order valence-corrected chi connectivity index (χ0v) is 20.1. The molecule has 9 nitrogen and oxygen atoms in total. The number of carbonyl (C=O) groups is 1. The van der Waals surface area contributed by atoms with Crippen LogP contribution in [-0.4, -0.2) is 44.5 Å². The van der Waals surface area contributed by atoms with Crippen molar-refractivity contribution in [3.05, 3.63) is 56.8 Å². The van der Waals surface area contributed by atoms with Gasteiger partial charge in [0, 0.05) is 18.4 Å². The number of amides is 1. The lowest BCUT2D eigenvalue weighted by atomic mass is 10.1. The topological polar surface area (TPSA) is 115 Å². The summed E-state index contributed by atoms with van der Waals surface area (Å²) in [6, 6.07) is 7.35. The molecule has 0 saturated carbocycles. The number of pyridine rings is 1. The average molecular weight is 550 g/mol. The summed E-state index contributed by atoms with van der Waals surface area (Å²) in [6.07, 6.45) is 3.12. The number of rotatable bonds is 11. The minimum Gasteiger partial charge on any atom is -0.493 e. The first kappa shape index (κ1) is 25.1. The van der Waals surface area contributed by atoms with Gasteiger partial charge in [0.25, 0.3) is 5.91 Å². The molecule has 1 aromatic heterocycles. The molecule has 0 bridgehead atoms. The van der Waals surface area contributed by atoms with Crippen molar-refractivity contribution in [2.75, 3.05) is 27.4 Å². The maximum Gasteiger partial charge on any atom is 0.278 e. The molecule has 1 aromatic carbocycles. The van der Waals surface area contributed by atoms with Crippen LogP contribution in [0.25, 0.3) is 0 Å². The van der Waals surface area contributed by atoms with E-state index in [9.17, 15) is 10.1 Å². The van der Waals surface area contributed by atoms with Gasteiger partial charge < -0.3 is 18.9 Å². The summed E-state index contributed by atoms with van der Waals surface area (Å²) < 4.78 is 22.3. The summed E-state index contributed by atoms with van der Waals surface area (Å²) >= 11 is 2.13. The molecule has 1 heterocycles. The van der Waals surface area contributed by atoms with E-state index in [1.807, 2.05) is 12.1 Å². The first-order valence-electron chi connectivity index (χ1n) is 9.38. The third-order valence-corrected chi connectivity index (χ3v) is 4.75. The second-order valence-electron chi connectivity index (χ2n) is 6.36. The maximum atomic E-state index is 12.1. The third-order valence-electron chi connectivity index (χ3n) is 3.95. The molecule has 1 N–H and O–H groups in total. The normalized spacial score (nSPS) is 10.5. The number of hydrogen-bond acceptors (Lipinski definition) is 8. The second kappa shape index (κ2) is 12.6. The number of ether oxygens (including phenoxy) is 4. The van der Waals surface area contributed by atoms with Crippen LogP contribution in [0, 0.1) is 21.8 Å². The van der Waals surface area contributed by atoms with Gasteiger partial charge in [-0.05, 0) is 53.3 Å². The van der Waals surface area contributed by atoms with Crippen LogP contribution in [0.5, 0.6) is 17.4 Å². The molecule has 2 rings (SSSR count). The van der Waals surface area contributed by atoms with Crippen LogP contribution in [0.3, 0.4) is 0 Å². The van der Waals surface area contributed by atoms with Crippen molar-refractivity contribution in [2.45, 2.75) is 13.5 Å². The minimum absolute atomic E-state index is 0.0769. The zero-order valence-electron chi connectivity index (χ0n) is 18.0. The molecular weight excluding hydrogens is 527 g/mol.